The zero-order chi connectivity index (χ0) is 10.4. The van der Waals surface area contributed by atoms with E-state index in [1.54, 1.807) is 0 Å². The molecule has 0 radical (unpaired) electrons. The van der Waals surface area contributed by atoms with Gasteiger partial charge >= 0.3 is 0 Å². The van der Waals surface area contributed by atoms with Gasteiger partial charge in [-0.3, -0.25) is 4.90 Å². The number of rotatable bonds is 5. The fourth-order valence-electron chi connectivity index (χ4n) is 1.80. The van der Waals surface area contributed by atoms with E-state index < -0.39 is 0 Å². The molecule has 1 saturated heterocycles. The van der Waals surface area contributed by atoms with Crippen molar-refractivity contribution in [3.63, 3.8) is 0 Å². The highest BCUT2D eigenvalue weighted by Gasteiger charge is 2.15. The summed E-state index contributed by atoms with van der Waals surface area (Å²) in [5.41, 5.74) is 0. The summed E-state index contributed by atoms with van der Waals surface area (Å²) < 4.78 is 0. The fraction of sp³-hybridized carbons (Fsp3) is 1.00. The van der Waals surface area contributed by atoms with Gasteiger partial charge in [-0.05, 0) is 18.9 Å². The lowest BCUT2D eigenvalue weighted by atomic mass is 10.1. The first kappa shape index (κ1) is 12.5. The second-order valence-electron chi connectivity index (χ2n) is 4.55. The molecule has 1 fully saturated rings. The van der Waals surface area contributed by atoms with E-state index in [9.17, 15) is 0 Å². The van der Waals surface area contributed by atoms with Gasteiger partial charge in [-0.15, -0.1) is 0 Å². The quantitative estimate of drug-likeness (QED) is 0.700. The van der Waals surface area contributed by atoms with Crippen LogP contribution in [-0.2, 0) is 0 Å². The zero-order valence-corrected chi connectivity index (χ0v) is 11.1. The Kier molecular flexibility index (Phi) is 6.06. The van der Waals surface area contributed by atoms with E-state index in [2.05, 4.69) is 39.6 Å². The van der Waals surface area contributed by atoms with Gasteiger partial charge in [-0.25, -0.2) is 0 Å². The van der Waals surface area contributed by atoms with Crippen LogP contribution in [0, 0.1) is 5.92 Å². The molecule has 0 amide bonds. The van der Waals surface area contributed by atoms with Crippen LogP contribution in [0.3, 0.4) is 0 Å². The Balaban J connectivity index is 2.09. The first-order chi connectivity index (χ1) is 6.72. The minimum atomic E-state index is 0.843. The molecular formula is C11H23BrN2. The molecule has 2 nitrogen and oxygen atoms in total. The summed E-state index contributed by atoms with van der Waals surface area (Å²) in [5, 5.41) is 1.11. The van der Waals surface area contributed by atoms with Crippen molar-refractivity contribution in [2.24, 2.45) is 5.92 Å². The Morgan fingerprint density at radius 1 is 1.00 bits per heavy atom. The Labute approximate surface area is 96.8 Å². The van der Waals surface area contributed by atoms with Gasteiger partial charge in [-0.2, -0.15) is 0 Å². The molecule has 84 valence electrons. The number of nitrogens with zero attached hydrogens (tertiary/aromatic N) is 2. The first-order valence-corrected chi connectivity index (χ1v) is 6.85. The molecule has 0 atom stereocenters. The molecule has 14 heavy (non-hydrogen) atoms. The van der Waals surface area contributed by atoms with Gasteiger partial charge in [0.15, 0.2) is 0 Å². The maximum absolute atomic E-state index is 3.49. The summed E-state index contributed by atoms with van der Waals surface area (Å²) in [7, 11) is 0. The van der Waals surface area contributed by atoms with E-state index in [0.29, 0.717) is 0 Å². The van der Waals surface area contributed by atoms with E-state index in [0.717, 1.165) is 11.2 Å². The molecule has 0 aromatic carbocycles. The molecule has 0 saturated carbocycles. The summed E-state index contributed by atoms with van der Waals surface area (Å²) in [6.45, 7) is 12.1. The van der Waals surface area contributed by atoms with E-state index in [1.165, 1.54) is 45.7 Å². The van der Waals surface area contributed by atoms with Crippen molar-refractivity contribution in [3.8, 4) is 0 Å². The van der Waals surface area contributed by atoms with Crippen molar-refractivity contribution in [1.29, 1.82) is 0 Å². The lowest BCUT2D eigenvalue weighted by molar-refractivity contribution is 0.134. The van der Waals surface area contributed by atoms with E-state index in [-0.39, 0.29) is 0 Å². The molecule has 1 aliphatic heterocycles. The summed E-state index contributed by atoms with van der Waals surface area (Å²) in [4.78, 5) is 5.14. The van der Waals surface area contributed by atoms with Crippen LogP contribution >= 0.6 is 15.9 Å². The monoisotopic (exact) mass is 262 g/mol. The Morgan fingerprint density at radius 3 is 1.93 bits per heavy atom. The molecule has 1 aliphatic rings. The van der Waals surface area contributed by atoms with Gasteiger partial charge in [0.25, 0.3) is 0 Å². The van der Waals surface area contributed by atoms with Crippen LogP contribution in [-0.4, -0.2) is 54.4 Å². The summed E-state index contributed by atoms with van der Waals surface area (Å²) in [6.07, 6.45) is 1.35. The highest BCUT2D eigenvalue weighted by Crippen LogP contribution is 2.06. The van der Waals surface area contributed by atoms with Crippen molar-refractivity contribution < 1.29 is 0 Å². The number of piperazine rings is 1. The molecule has 1 rings (SSSR count). The first-order valence-electron chi connectivity index (χ1n) is 5.73. The van der Waals surface area contributed by atoms with Crippen molar-refractivity contribution in [2.45, 2.75) is 20.3 Å². The largest absolute Gasteiger partial charge is 0.301 e. The topological polar surface area (TPSA) is 6.48 Å². The van der Waals surface area contributed by atoms with E-state index in [4.69, 9.17) is 0 Å². The van der Waals surface area contributed by atoms with Crippen molar-refractivity contribution >= 4 is 15.9 Å². The fourth-order valence-corrected chi connectivity index (χ4v) is 2.30. The van der Waals surface area contributed by atoms with Gasteiger partial charge in [0.2, 0.25) is 0 Å². The molecule has 0 aliphatic carbocycles. The van der Waals surface area contributed by atoms with Crippen LogP contribution in [0.25, 0.3) is 0 Å². The van der Waals surface area contributed by atoms with Crippen LogP contribution in [0.4, 0.5) is 0 Å². The van der Waals surface area contributed by atoms with Crippen LogP contribution in [0.1, 0.15) is 20.3 Å². The van der Waals surface area contributed by atoms with Crippen molar-refractivity contribution in [3.05, 3.63) is 0 Å². The lowest BCUT2D eigenvalue weighted by Crippen LogP contribution is -2.47. The standard InChI is InChI=1S/C11H23BrN2/c1-11(2)3-5-13-7-9-14(6-4-12)10-8-13/h11H,3-10H2,1-2H3. The second-order valence-corrected chi connectivity index (χ2v) is 5.35. The minimum Gasteiger partial charge on any atom is -0.301 e. The second kappa shape index (κ2) is 6.81. The number of halogens is 1. The predicted molar refractivity (Wildman–Crippen MR) is 66.1 cm³/mol. The van der Waals surface area contributed by atoms with Crippen molar-refractivity contribution in [2.75, 3.05) is 44.6 Å². The van der Waals surface area contributed by atoms with Crippen molar-refractivity contribution in [1.82, 2.24) is 9.80 Å². The van der Waals surface area contributed by atoms with Gasteiger partial charge in [0.1, 0.15) is 0 Å². The smallest absolute Gasteiger partial charge is 0.0159 e. The Morgan fingerprint density at radius 2 is 1.50 bits per heavy atom. The minimum absolute atomic E-state index is 0.843. The summed E-state index contributed by atoms with van der Waals surface area (Å²) >= 11 is 3.49. The molecule has 0 unspecified atom stereocenters. The van der Waals surface area contributed by atoms with Crippen LogP contribution in [0.5, 0.6) is 0 Å². The van der Waals surface area contributed by atoms with Crippen LogP contribution in [0.15, 0.2) is 0 Å². The third-order valence-electron chi connectivity index (χ3n) is 2.89. The van der Waals surface area contributed by atoms with Gasteiger partial charge in [0.05, 0.1) is 0 Å². The highest BCUT2D eigenvalue weighted by molar-refractivity contribution is 9.09. The lowest BCUT2D eigenvalue weighted by Gasteiger charge is -2.34. The molecule has 0 aromatic heterocycles. The summed E-state index contributed by atoms with van der Waals surface area (Å²) in [5.74, 6) is 0.843. The van der Waals surface area contributed by atoms with E-state index in [1.807, 2.05) is 0 Å². The maximum Gasteiger partial charge on any atom is 0.0159 e. The third-order valence-corrected chi connectivity index (χ3v) is 3.24. The molecular weight excluding hydrogens is 240 g/mol. The summed E-state index contributed by atoms with van der Waals surface area (Å²) in [6, 6.07) is 0. The number of alkyl halides is 1. The van der Waals surface area contributed by atoms with Crippen LogP contribution < -0.4 is 0 Å². The average Bonchev–Trinajstić information content (AvgIpc) is 2.17. The van der Waals surface area contributed by atoms with Crippen LogP contribution in [0.2, 0.25) is 0 Å². The molecule has 0 bridgehead atoms. The Bertz CT molecular complexity index is 142. The normalized spacial score (nSPS) is 20.6. The molecule has 3 heteroatoms. The van der Waals surface area contributed by atoms with E-state index >= 15 is 0 Å². The number of hydrogen-bond donors (Lipinski definition) is 0. The van der Waals surface area contributed by atoms with Gasteiger partial charge in [-0.1, -0.05) is 29.8 Å². The predicted octanol–water partition coefficient (Wildman–Crippen LogP) is 2.04. The molecule has 0 spiro atoms. The zero-order valence-electron chi connectivity index (χ0n) is 9.51. The SMILES string of the molecule is CC(C)CCN1CCN(CCBr)CC1. The maximum atomic E-state index is 3.49. The molecule has 1 heterocycles. The number of hydrogen-bond acceptors (Lipinski definition) is 2. The average molecular weight is 263 g/mol. The molecule has 0 aromatic rings. The molecule has 0 N–H and O–H groups in total. The van der Waals surface area contributed by atoms with Gasteiger partial charge < -0.3 is 4.90 Å². The third kappa shape index (κ3) is 4.76. The Hall–Kier alpha value is 0.400. The highest BCUT2D eigenvalue weighted by atomic mass is 79.9. The van der Waals surface area contributed by atoms with Gasteiger partial charge in [0, 0.05) is 38.1 Å².